The van der Waals surface area contributed by atoms with Gasteiger partial charge in [0, 0.05) is 16.5 Å². The number of phenols is 1. The summed E-state index contributed by atoms with van der Waals surface area (Å²) in [6.45, 7) is 19.3. The molecule has 1 aliphatic rings. The van der Waals surface area contributed by atoms with Crippen molar-refractivity contribution in [1.82, 2.24) is 14.7 Å². The molecule has 0 radical (unpaired) electrons. The summed E-state index contributed by atoms with van der Waals surface area (Å²) in [5.74, 6) is 1.19. The van der Waals surface area contributed by atoms with Gasteiger partial charge >= 0.3 is 0 Å². The average molecular weight is 477 g/mol. The highest BCUT2D eigenvalue weighted by Gasteiger charge is 2.18. The number of nitrogens with zero attached hydrogens (tertiary/aromatic N) is 1. The molecule has 0 bridgehead atoms. The number of aromatic amines is 1. The van der Waals surface area contributed by atoms with Gasteiger partial charge in [0.1, 0.15) is 16.9 Å². The van der Waals surface area contributed by atoms with Crippen molar-refractivity contribution < 1.29 is 5.11 Å². The lowest BCUT2D eigenvalue weighted by molar-refractivity contribution is 0.480. The van der Waals surface area contributed by atoms with E-state index < -0.39 is 0 Å². The van der Waals surface area contributed by atoms with Crippen LogP contribution in [0.2, 0.25) is 0 Å². The summed E-state index contributed by atoms with van der Waals surface area (Å²) in [5, 5.41) is 16.0. The Morgan fingerprint density at radius 3 is 2.60 bits per heavy atom. The van der Waals surface area contributed by atoms with Crippen LogP contribution in [0.5, 0.6) is 5.75 Å². The van der Waals surface area contributed by atoms with Crippen LogP contribution in [0.25, 0.3) is 34.0 Å². The summed E-state index contributed by atoms with van der Waals surface area (Å²) < 4.78 is 2.19. The largest absolute Gasteiger partial charge is 0.506 e. The molecule has 0 amide bonds. The van der Waals surface area contributed by atoms with Crippen LogP contribution in [0.3, 0.4) is 0 Å². The molecule has 5 heteroatoms. The number of H-pyrrole nitrogens is 1. The first-order chi connectivity index (χ1) is 16.7. The van der Waals surface area contributed by atoms with E-state index in [4.69, 9.17) is 5.73 Å². The number of rotatable bonds is 6. The van der Waals surface area contributed by atoms with Crippen LogP contribution in [0.4, 0.5) is 0 Å². The molecular formula is C30H44N4O. The molecule has 1 atom stereocenters. The molecule has 0 aliphatic carbocycles. The third-order valence-electron chi connectivity index (χ3n) is 7.30. The van der Waals surface area contributed by atoms with E-state index in [0.29, 0.717) is 5.70 Å². The van der Waals surface area contributed by atoms with Crippen LogP contribution in [0.1, 0.15) is 77.8 Å². The summed E-state index contributed by atoms with van der Waals surface area (Å²) in [5.41, 5.74) is 14.1. The van der Waals surface area contributed by atoms with Crippen LogP contribution in [0, 0.1) is 12.8 Å². The van der Waals surface area contributed by atoms with Crippen LogP contribution >= 0.6 is 0 Å². The SMILES string of the molecule is C/C=C(\C)CCC1CCNC1.C=C(N)c1/c(=C\CC)c(=C(C)CC)n2c1[nH]c1c(O)ccc(C)c12. The zero-order valence-corrected chi connectivity index (χ0v) is 22.5. The highest BCUT2D eigenvalue weighted by atomic mass is 16.3. The maximum Gasteiger partial charge on any atom is 0.141 e. The van der Waals surface area contributed by atoms with Gasteiger partial charge in [0.15, 0.2) is 0 Å². The molecule has 190 valence electrons. The number of allylic oxidation sites excluding steroid dienone is 2. The Labute approximate surface area is 210 Å². The fourth-order valence-corrected chi connectivity index (χ4v) is 5.00. The molecule has 3 heterocycles. The molecule has 5 N–H and O–H groups in total. The maximum absolute atomic E-state index is 10.3. The number of aryl methyl sites for hydroxylation is 1. The average Bonchev–Trinajstić information content (AvgIpc) is 3.55. The van der Waals surface area contributed by atoms with Gasteiger partial charge in [-0.2, -0.15) is 0 Å². The molecule has 35 heavy (non-hydrogen) atoms. The molecule has 5 nitrogen and oxygen atoms in total. The van der Waals surface area contributed by atoms with Crippen molar-refractivity contribution >= 4 is 34.0 Å². The number of fused-ring (bicyclic) bond motifs is 3. The summed E-state index contributed by atoms with van der Waals surface area (Å²) in [4.78, 5) is 3.37. The van der Waals surface area contributed by atoms with E-state index in [1.807, 2.05) is 6.07 Å². The van der Waals surface area contributed by atoms with E-state index in [0.717, 1.165) is 57.1 Å². The molecule has 1 saturated heterocycles. The Kier molecular flexibility index (Phi) is 8.90. The van der Waals surface area contributed by atoms with Gasteiger partial charge in [0.05, 0.1) is 10.9 Å². The molecule has 4 rings (SSSR count). The molecule has 3 aromatic rings. The minimum absolute atomic E-state index is 0.244. The van der Waals surface area contributed by atoms with Crippen molar-refractivity contribution in [3.63, 3.8) is 0 Å². The normalized spacial score (nSPS) is 17.7. The van der Waals surface area contributed by atoms with Gasteiger partial charge in [-0.1, -0.05) is 44.2 Å². The van der Waals surface area contributed by atoms with E-state index in [1.165, 1.54) is 43.5 Å². The topological polar surface area (TPSA) is 78.5 Å². The van der Waals surface area contributed by atoms with Crippen molar-refractivity contribution in [2.24, 2.45) is 11.7 Å². The Morgan fingerprint density at radius 1 is 1.29 bits per heavy atom. The van der Waals surface area contributed by atoms with Crippen LogP contribution in [-0.2, 0) is 0 Å². The smallest absolute Gasteiger partial charge is 0.141 e. The maximum atomic E-state index is 10.3. The van der Waals surface area contributed by atoms with Gasteiger partial charge < -0.3 is 21.1 Å². The van der Waals surface area contributed by atoms with Gasteiger partial charge in [0.2, 0.25) is 0 Å². The van der Waals surface area contributed by atoms with E-state index in [1.54, 1.807) is 6.07 Å². The highest BCUT2D eigenvalue weighted by molar-refractivity contribution is 5.92. The first-order valence-electron chi connectivity index (χ1n) is 13.1. The van der Waals surface area contributed by atoms with E-state index in [-0.39, 0.29) is 5.75 Å². The third kappa shape index (κ3) is 5.51. The zero-order valence-electron chi connectivity index (χ0n) is 22.5. The van der Waals surface area contributed by atoms with Crippen molar-refractivity contribution in [3.05, 3.63) is 52.1 Å². The van der Waals surface area contributed by atoms with E-state index >= 15 is 0 Å². The first kappa shape index (κ1) is 26.7. The lowest BCUT2D eigenvalue weighted by Gasteiger charge is -2.06. The quantitative estimate of drug-likeness (QED) is 0.356. The van der Waals surface area contributed by atoms with Crippen molar-refractivity contribution in [2.45, 2.75) is 73.6 Å². The second-order valence-corrected chi connectivity index (χ2v) is 9.88. The van der Waals surface area contributed by atoms with Gasteiger partial charge in [-0.25, -0.2) is 0 Å². The second-order valence-electron chi connectivity index (χ2n) is 9.88. The number of phenolic OH excluding ortho intramolecular Hbond substituents is 1. The van der Waals surface area contributed by atoms with Crippen LogP contribution in [-0.4, -0.2) is 27.6 Å². The molecule has 2 aromatic heterocycles. The molecule has 0 saturated carbocycles. The summed E-state index contributed by atoms with van der Waals surface area (Å²) in [6.07, 6.45) is 10.3. The third-order valence-corrected chi connectivity index (χ3v) is 7.30. The van der Waals surface area contributed by atoms with Gasteiger partial charge in [0.25, 0.3) is 0 Å². The minimum atomic E-state index is 0.244. The van der Waals surface area contributed by atoms with E-state index in [9.17, 15) is 5.11 Å². The Hall–Kier alpha value is -2.92. The van der Waals surface area contributed by atoms with Crippen LogP contribution in [0.15, 0.2) is 30.4 Å². The Morgan fingerprint density at radius 2 is 2.03 bits per heavy atom. The molecule has 1 fully saturated rings. The number of aromatic hydroxyl groups is 1. The van der Waals surface area contributed by atoms with E-state index in [2.05, 4.69) is 75.0 Å². The number of imidazole rings is 1. The lowest BCUT2D eigenvalue weighted by atomic mass is 9.99. The fraction of sp³-hybridized carbons (Fsp3) is 0.467. The highest BCUT2D eigenvalue weighted by Crippen LogP contribution is 2.28. The van der Waals surface area contributed by atoms with Gasteiger partial charge in [-0.05, 0) is 96.0 Å². The summed E-state index contributed by atoms with van der Waals surface area (Å²) >= 11 is 0. The predicted molar refractivity (Wildman–Crippen MR) is 152 cm³/mol. The summed E-state index contributed by atoms with van der Waals surface area (Å²) in [7, 11) is 0. The molecule has 1 unspecified atom stereocenters. The molecular weight excluding hydrogens is 432 g/mol. The van der Waals surface area contributed by atoms with Gasteiger partial charge in [-0.3, -0.25) is 4.40 Å². The molecule has 1 aliphatic heterocycles. The number of nitrogens with one attached hydrogen (secondary N) is 2. The molecule has 0 spiro atoms. The van der Waals surface area contributed by atoms with Crippen molar-refractivity contribution in [3.8, 4) is 5.75 Å². The van der Waals surface area contributed by atoms with Crippen molar-refractivity contribution in [2.75, 3.05) is 13.1 Å². The van der Waals surface area contributed by atoms with Crippen LogP contribution < -0.4 is 21.6 Å². The monoisotopic (exact) mass is 476 g/mol. The second kappa shape index (κ2) is 11.7. The number of hydrogen-bond acceptors (Lipinski definition) is 3. The number of hydrogen-bond donors (Lipinski definition) is 4. The number of nitrogens with two attached hydrogens (primary N) is 1. The van der Waals surface area contributed by atoms with Crippen molar-refractivity contribution in [1.29, 1.82) is 0 Å². The zero-order chi connectivity index (χ0) is 25.7. The number of aromatic nitrogens is 2. The molecule has 1 aromatic carbocycles. The Bertz CT molecular complexity index is 1350. The minimum Gasteiger partial charge on any atom is -0.506 e. The predicted octanol–water partition coefficient (Wildman–Crippen LogP) is 5.48. The fourth-order valence-electron chi connectivity index (χ4n) is 5.00. The lowest BCUT2D eigenvalue weighted by Crippen LogP contribution is -2.30. The number of benzene rings is 1. The first-order valence-corrected chi connectivity index (χ1v) is 13.1. The summed E-state index contributed by atoms with van der Waals surface area (Å²) in [6, 6.07) is 3.66. The standard InChI is InChI=1S/C20H25N3O.C10H19N/c1-6-8-14-16(13(5)21)20-22-17-15(24)10-9-12(4)19(17)23(20)18(14)11(3)7-2;1-3-9(2)4-5-10-6-7-11-8-10/h8-10,22,24H,5-7,21H2,1-4H3;3,10-11H,4-8H2,1-2H3/b14-8+,18-11?;9-3+. The Balaban J connectivity index is 0.000000261. The van der Waals surface area contributed by atoms with Gasteiger partial charge in [-0.15, -0.1) is 0 Å².